The van der Waals surface area contributed by atoms with E-state index in [-0.39, 0.29) is 10.6 Å². The Labute approximate surface area is 100 Å². The molecule has 0 unspecified atom stereocenters. The molecule has 2 rings (SSSR count). The molecule has 1 aliphatic rings. The number of halogens is 1. The van der Waals surface area contributed by atoms with Gasteiger partial charge >= 0.3 is 0 Å². The molecule has 1 saturated heterocycles. The Morgan fingerprint density at radius 3 is 2.47 bits per heavy atom. The van der Waals surface area contributed by atoms with Gasteiger partial charge in [-0.25, -0.2) is 12.8 Å². The number of piperidine rings is 1. The molecule has 1 aromatic rings. The van der Waals surface area contributed by atoms with E-state index in [0.29, 0.717) is 13.1 Å². The van der Waals surface area contributed by atoms with Crippen LogP contribution in [0.2, 0.25) is 0 Å². The van der Waals surface area contributed by atoms with Gasteiger partial charge in [0, 0.05) is 13.1 Å². The number of hydrogen-bond acceptors (Lipinski definition) is 3. The number of rotatable bonds is 2. The quantitative estimate of drug-likeness (QED) is 0.819. The van der Waals surface area contributed by atoms with Crippen molar-refractivity contribution in [3.63, 3.8) is 0 Å². The molecule has 1 heterocycles. The van der Waals surface area contributed by atoms with E-state index in [1.165, 1.54) is 10.4 Å². The van der Waals surface area contributed by atoms with E-state index in [4.69, 9.17) is 5.73 Å². The van der Waals surface area contributed by atoms with Crippen LogP contribution in [-0.2, 0) is 10.0 Å². The summed E-state index contributed by atoms with van der Waals surface area (Å²) < 4.78 is 39.0. The lowest BCUT2D eigenvalue weighted by Crippen LogP contribution is -2.36. The summed E-state index contributed by atoms with van der Waals surface area (Å²) in [5, 5.41) is 0. The average Bonchev–Trinajstić information content (AvgIpc) is 2.33. The minimum absolute atomic E-state index is 0.0944. The first-order valence-corrected chi connectivity index (χ1v) is 7.01. The predicted octanol–water partition coefficient (Wildman–Crippen LogP) is 1.58. The van der Waals surface area contributed by atoms with Crippen LogP contribution in [0, 0.1) is 5.82 Å². The molecule has 4 nitrogen and oxygen atoms in total. The zero-order valence-corrected chi connectivity index (χ0v) is 10.2. The van der Waals surface area contributed by atoms with Crippen LogP contribution >= 0.6 is 0 Å². The molecule has 2 N–H and O–H groups in total. The Kier molecular flexibility index (Phi) is 3.35. The Morgan fingerprint density at radius 1 is 1.18 bits per heavy atom. The molecule has 0 radical (unpaired) electrons. The van der Waals surface area contributed by atoms with Gasteiger partial charge in [-0.3, -0.25) is 0 Å². The second-order valence-corrected chi connectivity index (χ2v) is 6.05. The maximum absolute atomic E-state index is 13.1. The van der Waals surface area contributed by atoms with E-state index in [0.717, 1.165) is 31.4 Å². The van der Waals surface area contributed by atoms with Crippen molar-refractivity contribution < 1.29 is 12.8 Å². The average molecular weight is 258 g/mol. The summed E-state index contributed by atoms with van der Waals surface area (Å²) >= 11 is 0. The van der Waals surface area contributed by atoms with Crippen LogP contribution in [0.5, 0.6) is 0 Å². The molecule has 0 aliphatic carbocycles. The molecule has 94 valence electrons. The Bertz CT molecular complexity index is 510. The largest absolute Gasteiger partial charge is 0.398 e. The van der Waals surface area contributed by atoms with Crippen LogP contribution < -0.4 is 5.73 Å². The minimum Gasteiger partial charge on any atom is -0.398 e. The molecule has 1 aromatic carbocycles. The third-order valence-electron chi connectivity index (χ3n) is 2.91. The van der Waals surface area contributed by atoms with Crippen molar-refractivity contribution >= 4 is 15.7 Å². The fraction of sp³-hybridized carbons (Fsp3) is 0.455. The summed E-state index contributed by atoms with van der Waals surface area (Å²) in [4.78, 5) is -0.126. The standard InChI is InChI=1S/C11H15FN2O2S/c12-9-4-5-10(13)11(8-9)17(15,16)14-6-2-1-3-7-14/h4-5,8H,1-3,6-7,13H2. The Hall–Kier alpha value is -1.14. The Balaban J connectivity index is 2.40. The van der Waals surface area contributed by atoms with Gasteiger partial charge in [-0.05, 0) is 31.0 Å². The van der Waals surface area contributed by atoms with Crippen LogP contribution in [0.25, 0.3) is 0 Å². The Morgan fingerprint density at radius 2 is 1.82 bits per heavy atom. The lowest BCUT2D eigenvalue weighted by Gasteiger charge is -2.26. The molecule has 0 aromatic heterocycles. The second-order valence-electron chi connectivity index (χ2n) is 4.15. The van der Waals surface area contributed by atoms with E-state index < -0.39 is 15.8 Å². The summed E-state index contributed by atoms with van der Waals surface area (Å²) in [7, 11) is -3.65. The SMILES string of the molecule is Nc1ccc(F)cc1S(=O)(=O)N1CCCCC1. The first-order valence-electron chi connectivity index (χ1n) is 5.57. The fourth-order valence-corrected chi connectivity index (χ4v) is 3.62. The topological polar surface area (TPSA) is 63.4 Å². The van der Waals surface area contributed by atoms with Gasteiger partial charge in [-0.1, -0.05) is 6.42 Å². The van der Waals surface area contributed by atoms with Gasteiger partial charge in [-0.15, -0.1) is 0 Å². The van der Waals surface area contributed by atoms with Crippen molar-refractivity contribution in [2.75, 3.05) is 18.8 Å². The summed E-state index contributed by atoms with van der Waals surface area (Å²) in [6.07, 6.45) is 2.72. The van der Waals surface area contributed by atoms with Gasteiger partial charge in [0.1, 0.15) is 10.7 Å². The molecule has 1 fully saturated rings. The van der Waals surface area contributed by atoms with Gasteiger partial charge in [0.15, 0.2) is 0 Å². The maximum Gasteiger partial charge on any atom is 0.245 e. The number of nitrogen functional groups attached to an aromatic ring is 1. The lowest BCUT2D eigenvalue weighted by molar-refractivity contribution is 0.346. The van der Waals surface area contributed by atoms with Gasteiger partial charge in [0.2, 0.25) is 10.0 Å². The maximum atomic E-state index is 13.1. The highest BCUT2D eigenvalue weighted by Crippen LogP contribution is 2.25. The molecule has 0 spiro atoms. The van der Waals surface area contributed by atoms with Gasteiger partial charge < -0.3 is 5.73 Å². The van der Waals surface area contributed by atoms with Crippen LogP contribution in [-0.4, -0.2) is 25.8 Å². The number of hydrogen-bond donors (Lipinski definition) is 1. The highest BCUT2D eigenvalue weighted by atomic mass is 32.2. The smallest absolute Gasteiger partial charge is 0.245 e. The molecular formula is C11H15FN2O2S. The molecule has 0 amide bonds. The zero-order chi connectivity index (χ0) is 12.5. The van der Waals surface area contributed by atoms with Crippen LogP contribution in [0.3, 0.4) is 0 Å². The number of nitrogens with zero attached hydrogens (tertiary/aromatic N) is 1. The first-order chi connectivity index (χ1) is 8.01. The minimum atomic E-state index is -3.65. The molecule has 0 saturated carbocycles. The summed E-state index contributed by atoms with van der Waals surface area (Å²) in [5.41, 5.74) is 5.70. The zero-order valence-electron chi connectivity index (χ0n) is 9.39. The summed E-state index contributed by atoms with van der Waals surface area (Å²) in [6, 6.07) is 3.43. The highest BCUT2D eigenvalue weighted by Gasteiger charge is 2.27. The number of nitrogens with two attached hydrogens (primary N) is 1. The van der Waals surface area contributed by atoms with Crippen molar-refractivity contribution in [2.24, 2.45) is 0 Å². The second kappa shape index (κ2) is 4.62. The van der Waals surface area contributed by atoms with E-state index >= 15 is 0 Å². The molecule has 1 aliphatic heterocycles. The van der Waals surface area contributed by atoms with Crippen molar-refractivity contribution in [2.45, 2.75) is 24.2 Å². The van der Waals surface area contributed by atoms with Crippen LogP contribution in [0.1, 0.15) is 19.3 Å². The van der Waals surface area contributed by atoms with Crippen molar-refractivity contribution in [3.8, 4) is 0 Å². The van der Waals surface area contributed by atoms with Gasteiger partial charge in [0.25, 0.3) is 0 Å². The normalized spacial score (nSPS) is 18.2. The molecule has 6 heteroatoms. The third-order valence-corrected chi connectivity index (χ3v) is 4.86. The number of sulfonamides is 1. The molecule has 0 bridgehead atoms. The van der Waals surface area contributed by atoms with Crippen LogP contribution in [0.15, 0.2) is 23.1 Å². The third kappa shape index (κ3) is 2.42. The van der Waals surface area contributed by atoms with Gasteiger partial charge in [-0.2, -0.15) is 4.31 Å². The van der Waals surface area contributed by atoms with Crippen LogP contribution in [0.4, 0.5) is 10.1 Å². The lowest BCUT2D eigenvalue weighted by atomic mass is 10.2. The van der Waals surface area contributed by atoms with E-state index in [1.54, 1.807) is 0 Å². The summed E-state index contributed by atoms with van der Waals surface area (Å²) in [6.45, 7) is 0.969. The van der Waals surface area contributed by atoms with E-state index in [9.17, 15) is 12.8 Å². The fourth-order valence-electron chi connectivity index (χ4n) is 1.98. The first kappa shape index (κ1) is 12.3. The molecule has 17 heavy (non-hydrogen) atoms. The van der Waals surface area contributed by atoms with Crippen molar-refractivity contribution in [1.29, 1.82) is 0 Å². The molecular weight excluding hydrogens is 243 g/mol. The number of anilines is 1. The molecule has 0 atom stereocenters. The van der Waals surface area contributed by atoms with Crippen molar-refractivity contribution in [1.82, 2.24) is 4.31 Å². The van der Waals surface area contributed by atoms with Gasteiger partial charge in [0.05, 0.1) is 5.69 Å². The van der Waals surface area contributed by atoms with E-state index in [1.807, 2.05) is 0 Å². The highest BCUT2D eigenvalue weighted by molar-refractivity contribution is 7.89. The van der Waals surface area contributed by atoms with E-state index in [2.05, 4.69) is 0 Å². The number of benzene rings is 1. The monoisotopic (exact) mass is 258 g/mol. The summed E-state index contributed by atoms with van der Waals surface area (Å²) in [5.74, 6) is -0.588. The predicted molar refractivity (Wildman–Crippen MR) is 63.4 cm³/mol. The van der Waals surface area contributed by atoms with Crippen molar-refractivity contribution in [3.05, 3.63) is 24.0 Å².